The average Bonchev–Trinajstić information content (AvgIpc) is 2.34. The van der Waals surface area contributed by atoms with Crippen LogP contribution in [0.25, 0.3) is 0 Å². The molecule has 0 amide bonds. The molecule has 5 nitrogen and oxygen atoms in total. The molecule has 0 bridgehead atoms. The van der Waals surface area contributed by atoms with Crippen molar-refractivity contribution >= 4 is 11.6 Å². The Kier molecular flexibility index (Phi) is 7.18. The minimum absolute atomic E-state index is 0.222. The van der Waals surface area contributed by atoms with Gasteiger partial charge in [-0.1, -0.05) is 13.8 Å². The normalized spacial score (nSPS) is 18.2. The van der Waals surface area contributed by atoms with Gasteiger partial charge in [0.15, 0.2) is 11.6 Å². The van der Waals surface area contributed by atoms with E-state index in [1.54, 1.807) is 13.8 Å². The van der Waals surface area contributed by atoms with E-state index in [0.29, 0.717) is 0 Å². The lowest BCUT2D eigenvalue weighted by molar-refractivity contribution is -0.149. The van der Waals surface area contributed by atoms with Crippen LogP contribution in [-0.4, -0.2) is 46.2 Å². The smallest absolute Gasteiger partial charge is 0.163 e. The molecule has 0 aliphatic carbocycles. The highest BCUT2D eigenvalue weighted by atomic mass is 16.5. The molecule has 0 heterocycles. The second kappa shape index (κ2) is 7.53. The number of aliphatic hydroxyl groups is 2. The number of carbonyl (C=O) groups excluding carboxylic acids is 2. The summed E-state index contributed by atoms with van der Waals surface area (Å²) in [5.74, 6) is -0.637. The number of rotatable bonds is 8. The van der Waals surface area contributed by atoms with Crippen molar-refractivity contribution < 1.29 is 24.5 Å². The Bertz CT molecular complexity index is 238. The van der Waals surface area contributed by atoms with Gasteiger partial charge in [0.05, 0.1) is 12.2 Å². The minimum atomic E-state index is -1.22. The van der Waals surface area contributed by atoms with Gasteiger partial charge in [-0.25, -0.2) is 0 Å². The summed E-state index contributed by atoms with van der Waals surface area (Å²) in [6.45, 7) is 6.38. The van der Waals surface area contributed by atoms with Gasteiger partial charge >= 0.3 is 0 Å². The largest absolute Gasteiger partial charge is 0.383 e. The first kappa shape index (κ1) is 16.2. The van der Waals surface area contributed by atoms with Crippen LogP contribution in [0.15, 0.2) is 0 Å². The quantitative estimate of drug-likeness (QED) is 0.650. The first-order valence-electron chi connectivity index (χ1n) is 5.92. The van der Waals surface area contributed by atoms with Gasteiger partial charge < -0.3 is 14.9 Å². The summed E-state index contributed by atoms with van der Waals surface area (Å²) < 4.78 is 5.28. The molecule has 0 saturated carbocycles. The molecule has 0 spiro atoms. The molecular weight excluding hydrogens is 224 g/mol. The Labute approximate surface area is 102 Å². The van der Waals surface area contributed by atoms with Crippen LogP contribution in [-0.2, 0) is 14.3 Å². The van der Waals surface area contributed by atoms with Gasteiger partial charge in [-0.05, 0) is 13.8 Å². The molecule has 0 aliphatic rings. The molecule has 2 N–H and O–H groups in total. The van der Waals surface area contributed by atoms with Crippen molar-refractivity contribution in [2.45, 2.75) is 65.0 Å². The monoisotopic (exact) mass is 246 g/mol. The summed E-state index contributed by atoms with van der Waals surface area (Å²) in [5.41, 5.74) is 0. The molecule has 100 valence electrons. The molecule has 4 atom stereocenters. The molecule has 0 fully saturated rings. The van der Waals surface area contributed by atoms with Crippen molar-refractivity contribution in [2.24, 2.45) is 0 Å². The molecule has 0 saturated heterocycles. The van der Waals surface area contributed by atoms with Gasteiger partial charge in [-0.3, -0.25) is 9.59 Å². The van der Waals surface area contributed by atoms with E-state index < -0.39 is 24.4 Å². The molecule has 0 aromatic heterocycles. The van der Waals surface area contributed by atoms with Crippen molar-refractivity contribution in [1.82, 2.24) is 0 Å². The van der Waals surface area contributed by atoms with E-state index in [2.05, 4.69) is 0 Å². The predicted octanol–water partition coefficient (Wildman–Crippen LogP) is 0.460. The maximum absolute atomic E-state index is 11.2. The number of aliphatic hydroxyl groups excluding tert-OH is 2. The zero-order valence-corrected chi connectivity index (χ0v) is 10.8. The Morgan fingerprint density at radius 3 is 1.47 bits per heavy atom. The highest BCUT2D eigenvalue weighted by Gasteiger charge is 2.28. The topological polar surface area (TPSA) is 83.8 Å². The summed E-state index contributed by atoms with van der Waals surface area (Å²) in [4.78, 5) is 22.5. The summed E-state index contributed by atoms with van der Waals surface area (Å²) in [6.07, 6.45) is -3.47. The standard InChI is InChI=1S/C12H22O5/c1-5-9(13)11(15)7(3)17-8(4)12(16)10(14)6-2/h7-8,11-12,15-16H,5-6H2,1-4H3. The lowest BCUT2D eigenvalue weighted by atomic mass is 10.1. The second-order valence-electron chi connectivity index (χ2n) is 4.08. The van der Waals surface area contributed by atoms with Crippen molar-refractivity contribution in [1.29, 1.82) is 0 Å². The van der Waals surface area contributed by atoms with Crippen LogP contribution in [0.4, 0.5) is 0 Å². The van der Waals surface area contributed by atoms with Crippen molar-refractivity contribution in [3.63, 3.8) is 0 Å². The van der Waals surface area contributed by atoms with Crippen LogP contribution in [0.2, 0.25) is 0 Å². The van der Waals surface area contributed by atoms with Gasteiger partial charge in [0, 0.05) is 12.8 Å². The molecule has 4 unspecified atom stereocenters. The van der Waals surface area contributed by atoms with E-state index in [0.717, 1.165) is 0 Å². The predicted molar refractivity (Wildman–Crippen MR) is 62.6 cm³/mol. The van der Waals surface area contributed by atoms with E-state index in [4.69, 9.17) is 4.74 Å². The van der Waals surface area contributed by atoms with Crippen LogP contribution in [0, 0.1) is 0 Å². The Hall–Kier alpha value is -0.780. The fourth-order valence-corrected chi connectivity index (χ4v) is 1.43. The molecule has 0 radical (unpaired) electrons. The Morgan fingerprint density at radius 2 is 1.24 bits per heavy atom. The molecule has 0 aromatic carbocycles. The first-order valence-corrected chi connectivity index (χ1v) is 5.92. The zero-order chi connectivity index (χ0) is 13.6. The summed E-state index contributed by atoms with van der Waals surface area (Å²) in [7, 11) is 0. The van der Waals surface area contributed by atoms with E-state index >= 15 is 0 Å². The minimum Gasteiger partial charge on any atom is -0.383 e. The molecule has 0 rings (SSSR count). The first-order chi connectivity index (χ1) is 7.84. The van der Waals surface area contributed by atoms with Gasteiger partial charge in [0.25, 0.3) is 0 Å². The van der Waals surface area contributed by atoms with Crippen LogP contribution < -0.4 is 0 Å². The van der Waals surface area contributed by atoms with E-state index in [-0.39, 0.29) is 24.4 Å². The summed E-state index contributed by atoms with van der Waals surface area (Å²) in [5, 5.41) is 19.1. The van der Waals surface area contributed by atoms with Gasteiger partial charge in [0.1, 0.15) is 12.2 Å². The molecular formula is C12H22O5. The fraction of sp³-hybridized carbons (Fsp3) is 0.833. The average molecular weight is 246 g/mol. The van der Waals surface area contributed by atoms with Crippen LogP contribution in [0.5, 0.6) is 0 Å². The number of carbonyl (C=O) groups is 2. The third kappa shape index (κ3) is 4.93. The van der Waals surface area contributed by atoms with Crippen molar-refractivity contribution in [3.05, 3.63) is 0 Å². The fourth-order valence-electron chi connectivity index (χ4n) is 1.43. The maximum Gasteiger partial charge on any atom is 0.163 e. The molecule has 17 heavy (non-hydrogen) atoms. The van der Waals surface area contributed by atoms with E-state index in [1.165, 1.54) is 13.8 Å². The highest BCUT2D eigenvalue weighted by molar-refractivity contribution is 5.83. The summed E-state index contributed by atoms with van der Waals surface area (Å²) >= 11 is 0. The molecule has 0 aliphatic heterocycles. The van der Waals surface area contributed by atoms with Crippen LogP contribution in [0.1, 0.15) is 40.5 Å². The maximum atomic E-state index is 11.2. The molecule has 5 heteroatoms. The SMILES string of the molecule is CCC(=O)C(O)C(C)OC(C)C(O)C(=O)CC. The summed E-state index contributed by atoms with van der Waals surface area (Å²) in [6, 6.07) is 0. The van der Waals surface area contributed by atoms with Gasteiger partial charge in [0.2, 0.25) is 0 Å². The van der Waals surface area contributed by atoms with Crippen LogP contribution >= 0.6 is 0 Å². The third-order valence-electron chi connectivity index (χ3n) is 2.68. The highest BCUT2D eigenvalue weighted by Crippen LogP contribution is 2.10. The number of ketones is 2. The van der Waals surface area contributed by atoms with E-state index in [9.17, 15) is 19.8 Å². The number of ether oxygens (including phenoxy) is 1. The zero-order valence-electron chi connectivity index (χ0n) is 10.8. The number of Topliss-reactive ketones (excluding diaryl/α,β-unsaturated/α-hetero) is 2. The molecule has 0 aromatic rings. The van der Waals surface area contributed by atoms with Gasteiger partial charge in [-0.2, -0.15) is 0 Å². The van der Waals surface area contributed by atoms with Crippen LogP contribution in [0.3, 0.4) is 0 Å². The lowest BCUT2D eigenvalue weighted by Crippen LogP contribution is -2.41. The lowest BCUT2D eigenvalue weighted by Gasteiger charge is -2.25. The van der Waals surface area contributed by atoms with E-state index in [1.807, 2.05) is 0 Å². The third-order valence-corrected chi connectivity index (χ3v) is 2.68. The number of hydrogen-bond donors (Lipinski definition) is 2. The Morgan fingerprint density at radius 1 is 0.941 bits per heavy atom. The van der Waals surface area contributed by atoms with Gasteiger partial charge in [-0.15, -0.1) is 0 Å². The second-order valence-corrected chi connectivity index (χ2v) is 4.08. The Balaban J connectivity index is 4.33. The number of hydrogen-bond acceptors (Lipinski definition) is 5. The van der Waals surface area contributed by atoms with Crippen molar-refractivity contribution in [3.8, 4) is 0 Å². The van der Waals surface area contributed by atoms with Crippen molar-refractivity contribution in [2.75, 3.05) is 0 Å².